The Bertz CT molecular complexity index is 112. The van der Waals surface area contributed by atoms with E-state index in [0.29, 0.717) is 0 Å². The zero-order valence-corrected chi connectivity index (χ0v) is 9.19. The molecule has 0 heterocycles. The summed E-state index contributed by atoms with van der Waals surface area (Å²) in [5, 5.41) is 0.0822. The van der Waals surface area contributed by atoms with E-state index in [1.54, 1.807) is 0 Å². The van der Waals surface area contributed by atoms with E-state index in [2.05, 4.69) is 0 Å². The van der Waals surface area contributed by atoms with Crippen LogP contribution in [0.4, 0.5) is 0 Å². The van der Waals surface area contributed by atoms with Crippen molar-refractivity contribution in [3.05, 3.63) is 0 Å². The van der Waals surface area contributed by atoms with Crippen LogP contribution in [0.5, 0.6) is 0 Å². The predicted octanol–water partition coefficient (Wildman–Crippen LogP) is -1.46. The van der Waals surface area contributed by atoms with Crippen molar-refractivity contribution in [1.29, 1.82) is 0 Å². The van der Waals surface area contributed by atoms with Crippen LogP contribution in [0.1, 0.15) is 32.1 Å². The van der Waals surface area contributed by atoms with Crippen molar-refractivity contribution in [1.82, 2.24) is 0 Å². The monoisotopic (exact) mass is 171 g/mol. The van der Waals surface area contributed by atoms with Gasteiger partial charge in [-0.3, -0.25) is 0 Å². The molecule has 1 saturated carbocycles. The first-order valence-electron chi connectivity index (χ1n) is 3.40. The molecule has 0 radical (unpaired) electrons. The van der Waals surface area contributed by atoms with Crippen molar-refractivity contribution in [2.45, 2.75) is 37.4 Å². The molecule has 1 N–H and O–H groups in total. The Balaban J connectivity index is 0.000000810. The van der Waals surface area contributed by atoms with E-state index in [9.17, 15) is 4.21 Å². The maximum atomic E-state index is 10.5. The zero-order valence-electron chi connectivity index (χ0n) is 6.38. The standard InChI is InChI=1S/C6H12O2S.Na/c7-9(8)6-4-2-1-3-5-6;/h6H,1-5H2,(H,7,8);/q;+1. The summed E-state index contributed by atoms with van der Waals surface area (Å²) in [5.41, 5.74) is 0. The minimum absolute atomic E-state index is 0. The largest absolute Gasteiger partial charge is 1.00 e. The van der Waals surface area contributed by atoms with Gasteiger partial charge in [-0.1, -0.05) is 19.3 Å². The number of hydrogen-bond donors (Lipinski definition) is 1. The van der Waals surface area contributed by atoms with Crippen LogP contribution in [0.2, 0.25) is 0 Å². The van der Waals surface area contributed by atoms with E-state index in [0.717, 1.165) is 25.7 Å². The SMILES string of the molecule is O=S(O)C1CCCCC1.[Na+]. The first kappa shape index (κ1) is 11.1. The molecule has 0 aromatic rings. The third-order valence-electron chi connectivity index (χ3n) is 1.84. The Hall–Kier alpha value is 1.11. The first-order valence-corrected chi connectivity index (χ1v) is 4.57. The van der Waals surface area contributed by atoms with Gasteiger partial charge in [-0.25, -0.2) is 4.21 Å². The van der Waals surface area contributed by atoms with Crippen LogP contribution in [-0.2, 0) is 11.1 Å². The fourth-order valence-corrected chi connectivity index (χ4v) is 2.00. The Morgan fingerprint density at radius 1 is 1.20 bits per heavy atom. The van der Waals surface area contributed by atoms with Crippen LogP contribution in [0, 0.1) is 0 Å². The molecular formula is C6H12NaO2S+. The first-order chi connectivity index (χ1) is 4.30. The fourth-order valence-electron chi connectivity index (χ4n) is 1.27. The van der Waals surface area contributed by atoms with Gasteiger partial charge in [0.1, 0.15) is 0 Å². The van der Waals surface area contributed by atoms with Crippen LogP contribution < -0.4 is 29.6 Å². The molecule has 0 aromatic carbocycles. The molecule has 4 heteroatoms. The van der Waals surface area contributed by atoms with Gasteiger partial charge in [0.15, 0.2) is 11.1 Å². The maximum Gasteiger partial charge on any atom is 1.00 e. The van der Waals surface area contributed by atoms with Crippen LogP contribution in [0.15, 0.2) is 0 Å². The van der Waals surface area contributed by atoms with Crippen molar-refractivity contribution in [2.24, 2.45) is 0 Å². The smallest absolute Gasteiger partial charge is 0.306 e. The predicted molar refractivity (Wildman–Crippen MR) is 37.6 cm³/mol. The number of hydrogen-bond acceptors (Lipinski definition) is 1. The van der Waals surface area contributed by atoms with E-state index in [-0.39, 0.29) is 34.8 Å². The minimum atomic E-state index is -1.55. The third kappa shape index (κ3) is 3.49. The Labute approximate surface area is 86.3 Å². The molecule has 0 saturated heterocycles. The molecule has 10 heavy (non-hydrogen) atoms. The van der Waals surface area contributed by atoms with Crippen LogP contribution in [0.25, 0.3) is 0 Å². The molecule has 1 atom stereocenters. The molecule has 0 aliphatic heterocycles. The summed E-state index contributed by atoms with van der Waals surface area (Å²) in [6.45, 7) is 0. The Kier molecular flexibility index (Phi) is 6.36. The van der Waals surface area contributed by atoms with Gasteiger partial charge in [-0.15, -0.1) is 0 Å². The Morgan fingerprint density at radius 3 is 2.00 bits per heavy atom. The van der Waals surface area contributed by atoms with E-state index in [1.807, 2.05) is 0 Å². The topological polar surface area (TPSA) is 37.3 Å². The van der Waals surface area contributed by atoms with Gasteiger partial charge in [0.05, 0.1) is 5.25 Å². The van der Waals surface area contributed by atoms with E-state index in [1.165, 1.54) is 6.42 Å². The summed E-state index contributed by atoms with van der Waals surface area (Å²) >= 11 is -1.55. The summed E-state index contributed by atoms with van der Waals surface area (Å²) in [6, 6.07) is 0. The summed E-state index contributed by atoms with van der Waals surface area (Å²) < 4.78 is 19.1. The second kappa shape index (κ2) is 5.72. The zero-order chi connectivity index (χ0) is 6.69. The summed E-state index contributed by atoms with van der Waals surface area (Å²) in [5.74, 6) is 0. The van der Waals surface area contributed by atoms with Crippen molar-refractivity contribution in [2.75, 3.05) is 0 Å². The molecule has 1 aliphatic carbocycles. The molecular weight excluding hydrogens is 159 g/mol. The van der Waals surface area contributed by atoms with E-state index >= 15 is 0 Å². The average molecular weight is 171 g/mol. The van der Waals surface area contributed by atoms with E-state index < -0.39 is 11.1 Å². The molecule has 0 amide bonds. The van der Waals surface area contributed by atoms with E-state index in [4.69, 9.17) is 4.55 Å². The van der Waals surface area contributed by atoms with Crippen molar-refractivity contribution in [3.8, 4) is 0 Å². The molecule has 2 nitrogen and oxygen atoms in total. The van der Waals surface area contributed by atoms with Gasteiger partial charge in [-0.2, -0.15) is 0 Å². The molecule has 0 spiro atoms. The summed E-state index contributed by atoms with van der Waals surface area (Å²) in [7, 11) is 0. The summed E-state index contributed by atoms with van der Waals surface area (Å²) in [6.07, 6.45) is 5.41. The van der Waals surface area contributed by atoms with Gasteiger partial charge < -0.3 is 4.55 Å². The van der Waals surface area contributed by atoms with Gasteiger partial charge in [0, 0.05) is 0 Å². The van der Waals surface area contributed by atoms with Crippen LogP contribution in [-0.4, -0.2) is 14.0 Å². The average Bonchev–Trinajstić information content (AvgIpc) is 1.90. The van der Waals surface area contributed by atoms with Crippen LogP contribution in [0.3, 0.4) is 0 Å². The van der Waals surface area contributed by atoms with Gasteiger partial charge >= 0.3 is 29.6 Å². The van der Waals surface area contributed by atoms with Crippen LogP contribution >= 0.6 is 0 Å². The molecule has 0 bridgehead atoms. The number of rotatable bonds is 1. The minimum Gasteiger partial charge on any atom is -0.306 e. The fraction of sp³-hybridized carbons (Fsp3) is 1.00. The molecule has 1 rings (SSSR count). The molecule has 0 aromatic heterocycles. The van der Waals surface area contributed by atoms with Gasteiger partial charge in [0.25, 0.3) is 0 Å². The molecule has 1 aliphatic rings. The second-order valence-electron chi connectivity index (χ2n) is 2.54. The third-order valence-corrected chi connectivity index (χ3v) is 2.88. The molecule has 1 fully saturated rings. The van der Waals surface area contributed by atoms with Crippen molar-refractivity contribution < 1.29 is 38.3 Å². The Morgan fingerprint density at radius 2 is 1.70 bits per heavy atom. The van der Waals surface area contributed by atoms with Gasteiger partial charge in [-0.05, 0) is 12.8 Å². The molecule has 54 valence electrons. The normalized spacial score (nSPS) is 23.3. The van der Waals surface area contributed by atoms with Crippen molar-refractivity contribution >= 4 is 11.1 Å². The van der Waals surface area contributed by atoms with Crippen molar-refractivity contribution in [3.63, 3.8) is 0 Å². The quantitative estimate of drug-likeness (QED) is 0.387. The van der Waals surface area contributed by atoms with Gasteiger partial charge in [0.2, 0.25) is 0 Å². The second-order valence-corrected chi connectivity index (χ2v) is 3.76. The summed E-state index contributed by atoms with van der Waals surface area (Å²) in [4.78, 5) is 0. The molecule has 1 unspecified atom stereocenters. The maximum absolute atomic E-state index is 10.5.